The van der Waals surface area contributed by atoms with Gasteiger partial charge in [0.15, 0.2) is 0 Å². The number of carbonyl (C=O) groups is 2. The lowest BCUT2D eigenvalue weighted by atomic mass is 10.2. The van der Waals surface area contributed by atoms with Gasteiger partial charge in [-0.25, -0.2) is 9.18 Å². The highest BCUT2D eigenvalue weighted by Gasteiger charge is 2.37. The van der Waals surface area contributed by atoms with Crippen molar-refractivity contribution in [3.05, 3.63) is 30.1 Å². The standard InChI is InChI=1S/C15H19FN2O3S/c1-15(2,3)21-14(20)18-9-22-8-12(18)13(19)17-11-7-5-4-6-10(11)16/h4-7,12H,8-9H2,1-3H3,(H,17,19). The number of rotatable bonds is 2. The first-order valence-electron chi connectivity index (χ1n) is 6.91. The summed E-state index contributed by atoms with van der Waals surface area (Å²) < 4.78 is 18.9. The third-order valence-electron chi connectivity index (χ3n) is 2.94. The molecule has 0 aliphatic carbocycles. The van der Waals surface area contributed by atoms with Crippen LogP contribution in [0.25, 0.3) is 0 Å². The highest BCUT2D eigenvalue weighted by atomic mass is 32.2. The molecule has 0 spiro atoms. The molecule has 1 N–H and O–H groups in total. The van der Waals surface area contributed by atoms with Crippen molar-refractivity contribution in [3.8, 4) is 0 Å². The Morgan fingerprint density at radius 2 is 2.05 bits per heavy atom. The second-order valence-corrected chi connectivity index (χ2v) is 6.93. The van der Waals surface area contributed by atoms with Crippen LogP contribution in [0.4, 0.5) is 14.9 Å². The molecule has 22 heavy (non-hydrogen) atoms. The summed E-state index contributed by atoms with van der Waals surface area (Å²) in [6.45, 7) is 5.30. The van der Waals surface area contributed by atoms with Gasteiger partial charge in [-0.1, -0.05) is 12.1 Å². The van der Waals surface area contributed by atoms with Gasteiger partial charge in [0.1, 0.15) is 17.5 Å². The normalized spacial score (nSPS) is 18.2. The molecule has 0 radical (unpaired) electrons. The Morgan fingerprint density at radius 3 is 2.68 bits per heavy atom. The molecule has 0 aromatic heterocycles. The number of carbonyl (C=O) groups excluding carboxylic acids is 2. The van der Waals surface area contributed by atoms with Crippen LogP contribution in [0.2, 0.25) is 0 Å². The molecule has 1 saturated heterocycles. The lowest BCUT2D eigenvalue weighted by Crippen LogP contribution is -2.46. The first kappa shape index (κ1) is 16.6. The molecule has 7 heteroatoms. The van der Waals surface area contributed by atoms with Crippen LogP contribution in [0.3, 0.4) is 0 Å². The van der Waals surface area contributed by atoms with Crippen molar-refractivity contribution < 1.29 is 18.7 Å². The van der Waals surface area contributed by atoms with Gasteiger partial charge in [-0.15, -0.1) is 11.8 Å². The van der Waals surface area contributed by atoms with Gasteiger partial charge in [0.25, 0.3) is 0 Å². The first-order valence-corrected chi connectivity index (χ1v) is 8.06. The predicted octanol–water partition coefficient (Wildman–Crippen LogP) is 3.07. The number of hydrogen-bond acceptors (Lipinski definition) is 4. The molecule has 1 fully saturated rings. The Hall–Kier alpha value is -1.76. The number of nitrogens with one attached hydrogen (secondary N) is 1. The number of halogens is 1. The Labute approximate surface area is 133 Å². The number of amides is 2. The van der Waals surface area contributed by atoms with Crippen LogP contribution in [0.5, 0.6) is 0 Å². The maximum absolute atomic E-state index is 13.6. The molecule has 1 atom stereocenters. The molecular weight excluding hydrogens is 307 g/mol. The lowest BCUT2D eigenvalue weighted by molar-refractivity contribution is -0.120. The summed E-state index contributed by atoms with van der Waals surface area (Å²) in [6.07, 6.45) is -0.536. The summed E-state index contributed by atoms with van der Waals surface area (Å²) in [5.74, 6) is -0.0876. The van der Waals surface area contributed by atoms with Crippen molar-refractivity contribution in [2.75, 3.05) is 16.9 Å². The van der Waals surface area contributed by atoms with Crippen molar-refractivity contribution in [2.24, 2.45) is 0 Å². The quantitative estimate of drug-likeness (QED) is 0.907. The SMILES string of the molecule is CC(C)(C)OC(=O)N1CSCC1C(=O)Nc1ccccc1F. The van der Waals surface area contributed by atoms with Gasteiger partial charge in [-0.05, 0) is 32.9 Å². The van der Waals surface area contributed by atoms with Crippen LogP contribution >= 0.6 is 11.8 Å². The third-order valence-corrected chi connectivity index (χ3v) is 3.96. The Morgan fingerprint density at radius 1 is 1.36 bits per heavy atom. The molecule has 2 rings (SSSR count). The lowest BCUT2D eigenvalue weighted by Gasteiger charge is -2.27. The van der Waals surface area contributed by atoms with E-state index in [2.05, 4.69) is 5.32 Å². The molecule has 1 aromatic carbocycles. The van der Waals surface area contributed by atoms with E-state index >= 15 is 0 Å². The summed E-state index contributed by atoms with van der Waals surface area (Å²) in [5.41, 5.74) is -0.523. The van der Waals surface area contributed by atoms with Crippen molar-refractivity contribution >= 4 is 29.4 Å². The van der Waals surface area contributed by atoms with Crippen LogP contribution in [0.1, 0.15) is 20.8 Å². The number of ether oxygens (including phenoxy) is 1. The molecule has 1 unspecified atom stereocenters. The molecule has 1 aromatic rings. The van der Waals surface area contributed by atoms with Crippen LogP contribution in [0, 0.1) is 5.82 Å². The largest absolute Gasteiger partial charge is 0.444 e. The summed E-state index contributed by atoms with van der Waals surface area (Å²) in [5, 5.41) is 2.52. The zero-order chi connectivity index (χ0) is 16.3. The van der Waals surface area contributed by atoms with E-state index in [-0.39, 0.29) is 5.69 Å². The summed E-state index contributed by atoms with van der Waals surface area (Å²) in [7, 11) is 0. The van der Waals surface area contributed by atoms with Gasteiger partial charge in [-0.3, -0.25) is 9.69 Å². The third kappa shape index (κ3) is 4.13. The maximum atomic E-state index is 13.6. The highest BCUT2D eigenvalue weighted by molar-refractivity contribution is 7.99. The van der Waals surface area contributed by atoms with E-state index in [1.54, 1.807) is 32.9 Å². The second-order valence-electron chi connectivity index (χ2n) is 5.93. The molecule has 0 bridgehead atoms. The van der Waals surface area contributed by atoms with E-state index in [1.165, 1.54) is 28.8 Å². The number of para-hydroxylation sites is 1. The average molecular weight is 326 g/mol. The van der Waals surface area contributed by atoms with Crippen molar-refractivity contribution in [3.63, 3.8) is 0 Å². The maximum Gasteiger partial charge on any atom is 0.411 e. The van der Waals surface area contributed by atoms with Gasteiger partial charge in [0.05, 0.1) is 11.6 Å². The fourth-order valence-electron chi connectivity index (χ4n) is 1.94. The fourth-order valence-corrected chi connectivity index (χ4v) is 3.08. The molecule has 5 nitrogen and oxygen atoms in total. The fraction of sp³-hybridized carbons (Fsp3) is 0.467. The number of hydrogen-bond donors (Lipinski definition) is 1. The zero-order valence-corrected chi connectivity index (χ0v) is 13.6. The average Bonchev–Trinajstić information content (AvgIpc) is 2.89. The Kier molecular flexibility index (Phi) is 4.95. The van der Waals surface area contributed by atoms with E-state index in [0.717, 1.165) is 0 Å². The molecule has 1 heterocycles. The molecule has 2 amide bonds. The van der Waals surface area contributed by atoms with E-state index in [4.69, 9.17) is 4.74 Å². The number of thioether (sulfide) groups is 1. The van der Waals surface area contributed by atoms with Crippen molar-refractivity contribution in [2.45, 2.75) is 32.4 Å². The predicted molar refractivity (Wildman–Crippen MR) is 84.2 cm³/mol. The van der Waals surface area contributed by atoms with E-state index in [0.29, 0.717) is 11.6 Å². The number of anilines is 1. The smallest absolute Gasteiger partial charge is 0.411 e. The topological polar surface area (TPSA) is 58.6 Å². The molecule has 1 aliphatic rings. The molecule has 120 valence electrons. The van der Waals surface area contributed by atoms with E-state index < -0.39 is 29.5 Å². The van der Waals surface area contributed by atoms with E-state index in [9.17, 15) is 14.0 Å². The molecule has 1 aliphatic heterocycles. The first-order chi connectivity index (χ1) is 10.3. The van der Waals surface area contributed by atoms with Gasteiger partial charge in [0.2, 0.25) is 5.91 Å². The second kappa shape index (κ2) is 6.56. The van der Waals surface area contributed by atoms with Crippen LogP contribution in [-0.4, -0.2) is 40.2 Å². The van der Waals surface area contributed by atoms with E-state index in [1.807, 2.05) is 0 Å². The summed E-state index contributed by atoms with van der Waals surface area (Å²) in [4.78, 5) is 25.8. The number of benzene rings is 1. The Bertz CT molecular complexity index is 574. The van der Waals surface area contributed by atoms with Gasteiger partial charge >= 0.3 is 6.09 Å². The van der Waals surface area contributed by atoms with Crippen LogP contribution in [-0.2, 0) is 9.53 Å². The van der Waals surface area contributed by atoms with Crippen LogP contribution in [0.15, 0.2) is 24.3 Å². The minimum Gasteiger partial charge on any atom is -0.444 e. The van der Waals surface area contributed by atoms with Gasteiger partial charge in [-0.2, -0.15) is 0 Å². The molecular formula is C15H19FN2O3S. The molecule has 0 saturated carbocycles. The number of nitrogens with zero attached hydrogens (tertiary/aromatic N) is 1. The highest BCUT2D eigenvalue weighted by Crippen LogP contribution is 2.25. The van der Waals surface area contributed by atoms with Gasteiger partial charge in [0, 0.05) is 5.75 Å². The minimum absolute atomic E-state index is 0.105. The van der Waals surface area contributed by atoms with Crippen LogP contribution < -0.4 is 5.32 Å². The Balaban J connectivity index is 2.05. The van der Waals surface area contributed by atoms with Crippen molar-refractivity contribution in [1.82, 2.24) is 4.90 Å². The summed E-state index contributed by atoms with van der Waals surface area (Å²) in [6, 6.07) is 5.26. The minimum atomic E-state index is -0.667. The summed E-state index contributed by atoms with van der Waals surface area (Å²) >= 11 is 1.46. The zero-order valence-electron chi connectivity index (χ0n) is 12.8. The van der Waals surface area contributed by atoms with Gasteiger partial charge < -0.3 is 10.1 Å². The van der Waals surface area contributed by atoms with Crippen molar-refractivity contribution in [1.29, 1.82) is 0 Å². The monoisotopic (exact) mass is 326 g/mol.